The second-order valence-corrected chi connectivity index (χ2v) is 15.3. The molecule has 0 spiro atoms. The van der Waals surface area contributed by atoms with Gasteiger partial charge in [-0.3, -0.25) is 0 Å². The summed E-state index contributed by atoms with van der Waals surface area (Å²) in [7, 11) is 0. The van der Waals surface area contributed by atoms with Crippen molar-refractivity contribution >= 4 is 82.4 Å². The number of benzene rings is 10. The summed E-state index contributed by atoms with van der Waals surface area (Å²) in [6.45, 7) is 0. The molecule has 2 aromatic heterocycles. The van der Waals surface area contributed by atoms with Gasteiger partial charge < -0.3 is 13.9 Å². The lowest BCUT2D eigenvalue weighted by atomic mass is 10.0. The first-order valence-corrected chi connectivity index (χ1v) is 20.2. The van der Waals surface area contributed by atoms with Crippen molar-refractivity contribution in [2.75, 3.05) is 4.90 Å². The molecule has 0 aliphatic heterocycles. The summed E-state index contributed by atoms with van der Waals surface area (Å²) < 4.78 is 8.86. The molecule has 0 atom stereocenters. The Morgan fingerprint density at radius 1 is 0.373 bits per heavy atom. The Hall–Kier alpha value is -7.88. The van der Waals surface area contributed by atoms with E-state index in [4.69, 9.17) is 4.42 Å². The van der Waals surface area contributed by atoms with E-state index in [1.807, 2.05) is 12.1 Å². The maximum Gasteiger partial charge on any atom is 0.143 e. The predicted molar refractivity (Wildman–Crippen MR) is 249 cm³/mol. The van der Waals surface area contributed by atoms with Crippen molar-refractivity contribution in [1.82, 2.24) is 4.57 Å². The van der Waals surface area contributed by atoms with Crippen molar-refractivity contribution < 1.29 is 4.42 Å². The summed E-state index contributed by atoms with van der Waals surface area (Å²) in [5.41, 5.74) is 13.2. The minimum atomic E-state index is 0.907. The van der Waals surface area contributed by atoms with Gasteiger partial charge in [-0.15, -0.1) is 0 Å². The van der Waals surface area contributed by atoms with Gasteiger partial charge in [0.1, 0.15) is 11.2 Å². The monoisotopic (exact) mass is 752 g/mol. The molecule has 59 heavy (non-hydrogen) atoms. The highest BCUT2D eigenvalue weighted by Crippen LogP contribution is 2.43. The topological polar surface area (TPSA) is 21.3 Å². The molecule has 0 bridgehead atoms. The number of aromatic nitrogens is 1. The number of para-hydroxylation sites is 3. The standard InChI is InChI=1S/C56H36N2O/c1-2-15-42(16-3-1)58-53-36-41(29-34-48(53)50-35-28-39-13-5-7-18-46(39)55(50)58)37-24-30-43(31-25-37)57(52-22-10-14-38-12-4-6-17-45(38)52)44-32-26-40(27-33-44)47-20-11-21-51-49-19-8-9-23-54(49)59-56(47)51/h1-36H. The zero-order valence-corrected chi connectivity index (χ0v) is 32.1. The van der Waals surface area contributed by atoms with Gasteiger partial charge in [0.25, 0.3) is 0 Å². The van der Waals surface area contributed by atoms with E-state index in [1.54, 1.807) is 0 Å². The molecule has 12 rings (SSSR count). The molecule has 0 unspecified atom stereocenters. The van der Waals surface area contributed by atoms with Crippen LogP contribution in [0.5, 0.6) is 0 Å². The maximum absolute atomic E-state index is 6.42. The molecular formula is C56H36N2O. The zero-order chi connectivity index (χ0) is 38.9. The molecular weight excluding hydrogens is 717 g/mol. The third-order valence-corrected chi connectivity index (χ3v) is 12.0. The lowest BCUT2D eigenvalue weighted by molar-refractivity contribution is 0.670. The maximum atomic E-state index is 6.42. The lowest BCUT2D eigenvalue weighted by Gasteiger charge is -2.27. The number of furan rings is 1. The number of hydrogen-bond donors (Lipinski definition) is 0. The summed E-state index contributed by atoms with van der Waals surface area (Å²) >= 11 is 0. The lowest BCUT2D eigenvalue weighted by Crippen LogP contribution is -2.10. The van der Waals surface area contributed by atoms with E-state index in [1.165, 1.54) is 48.9 Å². The molecule has 3 heteroatoms. The van der Waals surface area contributed by atoms with Crippen molar-refractivity contribution in [2.24, 2.45) is 0 Å². The quantitative estimate of drug-likeness (QED) is 0.169. The van der Waals surface area contributed by atoms with Crippen LogP contribution in [0.3, 0.4) is 0 Å². The van der Waals surface area contributed by atoms with Crippen LogP contribution < -0.4 is 4.90 Å². The number of rotatable bonds is 6. The van der Waals surface area contributed by atoms with Gasteiger partial charge in [0.05, 0.1) is 16.7 Å². The first kappa shape index (κ1) is 33.3. The summed E-state index contributed by atoms with van der Waals surface area (Å²) in [6.07, 6.45) is 0. The molecule has 0 saturated heterocycles. The second kappa shape index (κ2) is 13.4. The Labute approximate surface area is 341 Å². The zero-order valence-electron chi connectivity index (χ0n) is 32.1. The van der Waals surface area contributed by atoms with E-state index >= 15 is 0 Å². The van der Waals surface area contributed by atoms with Gasteiger partial charge in [-0.2, -0.15) is 0 Å². The highest BCUT2D eigenvalue weighted by atomic mass is 16.3. The summed E-state index contributed by atoms with van der Waals surface area (Å²) in [5.74, 6) is 0. The third kappa shape index (κ3) is 5.36. The fourth-order valence-corrected chi connectivity index (χ4v) is 9.20. The van der Waals surface area contributed by atoms with E-state index in [2.05, 4.69) is 216 Å². The van der Waals surface area contributed by atoms with Crippen LogP contribution in [0.15, 0.2) is 223 Å². The Bertz CT molecular complexity index is 3540. The molecule has 0 aliphatic rings. The average Bonchev–Trinajstić information content (AvgIpc) is 3.86. The number of anilines is 3. The van der Waals surface area contributed by atoms with Gasteiger partial charge in [-0.1, -0.05) is 164 Å². The fourth-order valence-electron chi connectivity index (χ4n) is 9.20. The van der Waals surface area contributed by atoms with Crippen LogP contribution in [0, 0.1) is 0 Å². The second-order valence-electron chi connectivity index (χ2n) is 15.3. The first-order valence-electron chi connectivity index (χ1n) is 20.2. The van der Waals surface area contributed by atoms with Crippen molar-refractivity contribution in [2.45, 2.75) is 0 Å². The highest BCUT2D eigenvalue weighted by Gasteiger charge is 2.19. The molecule has 3 nitrogen and oxygen atoms in total. The average molecular weight is 753 g/mol. The van der Waals surface area contributed by atoms with Gasteiger partial charge in [-0.05, 0) is 82.1 Å². The molecule has 10 aromatic carbocycles. The minimum Gasteiger partial charge on any atom is -0.455 e. The molecule has 276 valence electrons. The van der Waals surface area contributed by atoms with Crippen LogP contribution in [0.25, 0.3) is 93.2 Å². The van der Waals surface area contributed by atoms with Gasteiger partial charge in [0.15, 0.2) is 0 Å². The van der Waals surface area contributed by atoms with Crippen molar-refractivity contribution in [1.29, 1.82) is 0 Å². The molecule has 0 amide bonds. The number of nitrogens with zero attached hydrogens (tertiary/aromatic N) is 2. The molecule has 0 N–H and O–H groups in total. The van der Waals surface area contributed by atoms with Crippen LogP contribution in [0.2, 0.25) is 0 Å². The molecule has 0 fully saturated rings. The largest absolute Gasteiger partial charge is 0.455 e. The van der Waals surface area contributed by atoms with E-state index < -0.39 is 0 Å². The van der Waals surface area contributed by atoms with E-state index in [0.29, 0.717) is 0 Å². The predicted octanol–water partition coefficient (Wildman–Crippen LogP) is 15.8. The van der Waals surface area contributed by atoms with Crippen LogP contribution in [-0.2, 0) is 0 Å². The van der Waals surface area contributed by atoms with Crippen LogP contribution in [0.1, 0.15) is 0 Å². The summed E-state index contributed by atoms with van der Waals surface area (Å²) in [6, 6.07) is 78.7. The minimum absolute atomic E-state index is 0.907. The first-order chi connectivity index (χ1) is 29.3. The Balaban J connectivity index is 0.978. The Morgan fingerprint density at radius 2 is 0.966 bits per heavy atom. The summed E-state index contributed by atoms with van der Waals surface area (Å²) in [5, 5.41) is 9.67. The van der Waals surface area contributed by atoms with Gasteiger partial charge in [-0.25, -0.2) is 0 Å². The van der Waals surface area contributed by atoms with E-state index in [-0.39, 0.29) is 0 Å². The van der Waals surface area contributed by atoms with Gasteiger partial charge in [0.2, 0.25) is 0 Å². The Kier molecular flexibility index (Phi) is 7.54. The van der Waals surface area contributed by atoms with Gasteiger partial charge in [0, 0.05) is 54.9 Å². The molecule has 0 radical (unpaired) electrons. The van der Waals surface area contributed by atoms with Crippen LogP contribution >= 0.6 is 0 Å². The molecule has 12 aromatic rings. The van der Waals surface area contributed by atoms with Crippen molar-refractivity contribution in [3.8, 4) is 27.9 Å². The van der Waals surface area contributed by atoms with E-state index in [9.17, 15) is 0 Å². The number of hydrogen-bond acceptors (Lipinski definition) is 2. The van der Waals surface area contributed by atoms with Crippen molar-refractivity contribution in [3.63, 3.8) is 0 Å². The highest BCUT2D eigenvalue weighted by molar-refractivity contribution is 6.19. The smallest absolute Gasteiger partial charge is 0.143 e. The number of fused-ring (bicyclic) bond motifs is 9. The van der Waals surface area contributed by atoms with Gasteiger partial charge >= 0.3 is 0 Å². The van der Waals surface area contributed by atoms with Crippen LogP contribution in [0.4, 0.5) is 17.1 Å². The normalized spacial score (nSPS) is 11.7. The Morgan fingerprint density at radius 3 is 1.76 bits per heavy atom. The molecule has 2 heterocycles. The fraction of sp³-hybridized carbons (Fsp3) is 0. The third-order valence-electron chi connectivity index (χ3n) is 12.0. The van der Waals surface area contributed by atoms with E-state index in [0.717, 1.165) is 61.4 Å². The molecule has 0 aliphatic carbocycles. The molecule has 0 saturated carbocycles. The van der Waals surface area contributed by atoms with Crippen molar-refractivity contribution in [3.05, 3.63) is 218 Å². The SMILES string of the molecule is c1ccc(-n2c3cc(-c4ccc(N(c5ccc(-c6cccc7c6oc6ccccc67)cc5)c5cccc6ccccc56)cc4)ccc3c3ccc4ccccc4c32)cc1. The van der Waals surface area contributed by atoms with Crippen LogP contribution in [-0.4, -0.2) is 4.57 Å². The summed E-state index contributed by atoms with van der Waals surface area (Å²) in [4.78, 5) is 2.37.